The maximum Gasteiger partial charge on any atom is 0.0513 e. The average molecular weight is 301 g/mol. The Bertz CT molecular complexity index is 842. The summed E-state index contributed by atoms with van der Waals surface area (Å²) in [6.07, 6.45) is 14.8. The van der Waals surface area contributed by atoms with Gasteiger partial charge in [-0.25, -0.2) is 0 Å². The molecule has 0 radical (unpaired) electrons. The molecule has 0 aliphatic carbocycles. The lowest BCUT2D eigenvalue weighted by Crippen LogP contribution is -2.24. The molecule has 0 saturated carbocycles. The monoisotopic (exact) mass is 301 g/mol. The molecule has 0 unspecified atom stereocenters. The number of hydrogen-bond donors (Lipinski definition) is 0. The molecule has 0 saturated heterocycles. The van der Waals surface area contributed by atoms with E-state index >= 15 is 0 Å². The Labute approximate surface area is 138 Å². The molecule has 116 valence electrons. The van der Waals surface area contributed by atoms with Gasteiger partial charge in [-0.2, -0.15) is 0 Å². The Hall–Kier alpha value is -2.67. The van der Waals surface area contributed by atoms with E-state index in [9.17, 15) is 0 Å². The van der Waals surface area contributed by atoms with Gasteiger partial charge in [0.25, 0.3) is 0 Å². The maximum absolute atomic E-state index is 4.66. The Kier molecular flexibility index (Phi) is 5.87. The fourth-order valence-electron chi connectivity index (χ4n) is 2.63. The van der Waals surface area contributed by atoms with Crippen LogP contribution in [-0.2, 0) is 0 Å². The number of rotatable bonds is 3. The summed E-state index contributed by atoms with van der Waals surface area (Å²) in [5, 5.41) is 2.39. The van der Waals surface area contributed by atoms with E-state index in [1.165, 1.54) is 16.0 Å². The topological polar surface area (TPSA) is 12.4 Å². The molecule has 1 heteroatoms. The zero-order valence-corrected chi connectivity index (χ0v) is 13.9. The van der Waals surface area contributed by atoms with Crippen LogP contribution in [0.1, 0.15) is 20.3 Å². The third kappa shape index (κ3) is 4.40. The van der Waals surface area contributed by atoms with Crippen molar-refractivity contribution >= 4 is 17.9 Å². The normalized spacial score (nSPS) is 22.5. The quantitative estimate of drug-likeness (QED) is 0.741. The molecular weight excluding hydrogens is 278 g/mol. The molecule has 1 aromatic carbocycles. The molecule has 0 spiro atoms. The fraction of sp³-hybridized carbons (Fsp3) is 0.136. The second-order valence-corrected chi connectivity index (χ2v) is 5.44. The summed E-state index contributed by atoms with van der Waals surface area (Å²) < 4.78 is 0. The zero-order chi connectivity index (χ0) is 16.7. The van der Waals surface area contributed by atoms with Crippen LogP contribution in [0.4, 0.5) is 0 Å². The van der Waals surface area contributed by atoms with Crippen molar-refractivity contribution in [2.75, 3.05) is 0 Å². The van der Waals surface area contributed by atoms with Gasteiger partial charge in [0.1, 0.15) is 0 Å². The minimum absolute atomic E-state index is 0.781. The molecular formula is C22H23N. The summed E-state index contributed by atoms with van der Waals surface area (Å²) in [5.74, 6) is 0. The van der Waals surface area contributed by atoms with Crippen LogP contribution >= 0.6 is 0 Å². The third-order valence-electron chi connectivity index (χ3n) is 3.76. The standard InChI is InChI=1S/C22H23N/c1-5-9-18(4)21(6-2)22-13-12-19-10-7-8-11-20(19)16-17(3)14-15-23-22/h5-12,14-16H,1,3,13H2,2,4H3/b15-14-,18-9-,19-12-,20-16-,21-6+,23-22+. The van der Waals surface area contributed by atoms with Crippen LogP contribution in [0.25, 0.3) is 12.2 Å². The van der Waals surface area contributed by atoms with Gasteiger partial charge in [-0.1, -0.05) is 61.7 Å². The molecule has 1 nitrogen and oxygen atoms in total. The summed E-state index contributed by atoms with van der Waals surface area (Å²) in [6, 6.07) is 8.35. The van der Waals surface area contributed by atoms with E-state index in [1.54, 1.807) is 0 Å². The van der Waals surface area contributed by atoms with Crippen LogP contribution in [0.3, 0.4) is 0 Å². The SMILES string of the molecule is C=C\C=C(C)/C(=C\C)C1=N/C=C\C(=C)/C=c2/cccc/c2=C/C\1. The first kappa shape index (κ1) is 16.7. The molecule has 2 rings (SSSR count). The van der Waals surface area contributed by atoms with Crippen molar-refractivity contribution in [2.45, 2.75) is 20.3 Å². The van der Waals surface area contributed by atoms with Gasteiger partial charge in [-0.3, -0.25) is 4.99 Å². The molecule has 1 aliphatic rings. The summed E-state index contributed by atoms with van der Waals surface area (Å²) in [4.78, 5) is 4.66. The first-order valence-corrected chi connectivity index (χ1v) is 7.81. The van der Waals surface area contributed by atoms with Crippen molar-refractivity contribution in [1.82, 2.24) is 0 Å². The number of benzene rings is 1. The summed E-state index contributed by atoms with van der Waals surface area (Å²) in [6.45, 7) is 12.0. The van der Waals surface area contributed by atoms with Crippen LogP contribution in [0.15, 0.2) is 89.6 Å². The van der Waals surface area contributed by atoms with E-state index in [4.69, 9.17) is 0 Å². The molecule has 0 amide bonds. The lowest BCUT2D eigenvalue weighted by molar-refractivity contribution is 1.35. The molecule has 0 bridgehead atoms. The Morgan fingerprint density at radius 3 is 2.65 bits per heavy atom. The van der Waals surface area contributed by atoms with Crippen molar-refractivity contribution in [2.24, 2.45) is 4.99 Å². The van der Waals surface area contributed by atoms with Crippen LogP contribution < -0.4 is 10.4 Å². The minimum atomic E-state index is 0.781. The van der Waals surface area contributed by atoms with Crippen molar-refractivity contribution < 1.29 is 0 Å². The van der Waals surface area contributed by atoms with Crippen LogP contribution in [0.2, 0.25) is 0 Å². The predicted octanol–water partition coefficient (Wildman–Crippen LogP) is 4.24. The lowest BCUT2D eigenvalue weighted by atomic mass is 9.98. The highest BCUT2D eigenvalue weighted by Gasteiger charge is 2.06. The van der Waals surface area contributed by atoms with Crippen molar-refractivity contribution in [1.29, 1.82) is 0 Å². The lowest BCUT2D eigenvalue weighted by Gasteiger charge is -2.10. The van der Waals surface area contributed by atoms with Gasteiger partial charge < -0.3 is 0 Å². The van der Waals surface area contributed by atoms with Gasteiger partial charge in [0.05, 0.1) is 5.71 Å². The second kappa shape index (κ2) is 8.09. The minimum Gasteiger partial charge on any atom is -0.260 e. The third-order valence-corrected chi connectivity index (χ3v) is 3.76. The molecule has 1 aliphatic heterocycles. The number of aliphatic imine (C=N–C) groups is 1. The Balaban J connectivity index is 2.57. The first-order chi connectivity index (χ1) is 11.2. The summed E-state index contributed by atoms with van der Waals surface area (Å²) >= 11 is 0. The molecule has 0 N–H and O–H groups in total. The van der Waals surface area contributed by atoms with Crippen molar-refractivity contribution in [3.05, 3.63) is 95.1 Å². The molecule has 23 heavy (non-hydrogen) atoms. The zero-order valence-electron chi connectivity index (χ0n) is 13.9. The van der Waals surface area contributed by atoms with Gasteiger partial charge in [0.2, 0.25) is 0 Å². The van der Waals surface area contributed by atoms with Crippen molar-refractivity contribution in [3.8, 4) is 0 Å². The molecule has 1 heterocycles. The van der Waals surface area contributed by atoms with Gasteiger partial charge in [0, 0.05) is 12.6 Å². The van der Waals surface area contributed by atoms with Crippen LogP contribution in [-0.4, -0.2) is 5.71 Å². The molecule has 0 atom stereocenters. The van der Waals surface area contributed by atoms with Crippen LogP contribution in [0.5, 0.6) is 0 Å². The summed E-state index contributed by atoms with van der Waals surface area (Å²) in [7, 11) is 0. The highest BCUT2D eigenvalue weighted by Crippen LogP contribution is 2.15. The Morgan fingerprint density at radius 1 is 1.22 bits per heavy atom. The van der Waals surface area contributed by atoms with Gasteiger partial charge in [0.15, 0.2) is 0 Å². The van der Waals surface area contributed by atoms with Crippen LogP contribution in [0, 0.1) is 0 Å². The number of hydrogen-bond acceptors (Lipinski definition) is 1. The second-order valence-electron chi connectivity index (χ2n) is 5.44. The predicted molar refractivity (Wildman–Crippen MR) is 103 cm³/mol. The average Bonchev–Trinajstić information content (AvgIpc) is 2.54. The smallest absolute Gasteiger partial charge is 0.0513 e. The van der Waals surface area contributed by atoms with Crippen molar-refractivity contribution in [3.63, 3.8) is 0 Å². The maximum atomic E-state index is 4.66. The fourth-order valence-corrected chi connectivity index (χ4v) is 2.63. The van der Waals surface area contributed by atoms with E-state index in [0.717, 1.165) is 23.3 Å². The summed E-state index contributed by atoms with van der Waals surface area (Å²) in [5.41, 5.74) is 4.30. The first-order valence-electron chi connectivity index (χ1n) is 7.81. The molecule has 1 aromatic rings. The number of allylic oxidation sites excluding steroid dienone is 7. The number of fused-ring (bicyclic) bond motifs is 1. The Morgan fingerprint density at radius 2 is 1.96 bits per heavy atom. The van der Waals surface area contributed by atoms with E-state index in [1.807, 2.05) is 31.4 Å². The molecule has 0 aromatic heterocycles. The van der Waals surface area contributed by atoms with E-state index < -0.39 is 0 Å². The van der Waals surface area contributed by atoms with Gasteiger partial charge in [-0.15, -0.1) is 0 Å². The largest absolute Gasteiger partial charge is 0.260 e. The highest BCUT2D eigenvalue weighted by molar-refractivity contribution is 6.06. The van der Waals surface area contributed by atoms with Gasteiger partial charge >= 0.3 is 0 Å². The van der Waals surface area contributed by atoms with Gasteiger partial charge in [-0.05, 0) is 53.2 Å². The molecule has 0 fully saturated rings. The van der Waals surface area contributed by atoms with E-state index in [0.29, 0.717) is 0 Å². The number of nitrogens with zero attached hydrogens (tertiary/aromatic N) is 1. The van der Waals surface area contributed by atoms with E-state index in [2.05, 4.69) is 67.6 Å². The highest BCUT2D eigenvalue weighted by atomic mass is 14.7. The van der Waals surface area contributed by atoms with E-state index in [-0.39, 0.29) is 0 Å².